The summed E-state index contributed by atoms with van der Waals surface area (Å²) < 4.78 is 28.0. The fourth-order valence-electron chi connectivity index (χ4n) is 3.54. The summed E-state index contributed by atoms with van der Waals surface area (Å²) in [4.78, 5) is 0.392. The Morgan fingerprint density at radius 3 is 2.29 bits per heavy atom. The second kappa shape index (κ2) is 6.34. The average molecular weight is 343 g/mol. The molecular weight excluding hydrogens is 318 g/mol. The van der Waals surface area contributed by atoms with Gasteiger partial charge in [-0.15, -0.1) is 0 Å². The zero-order valence-electron chi connectivity index (χ0n) is 14.6. The molecule has 0 unspecified atom stereocenters. The van der Waals surface area contributed by atoms with Crippen molar-refractivity contribution in [2.45, 2.75) is 44.6 Å². The number of sulfonamides is 1. The molecule has 0 N–H and O–H groups in total. The lowest BCUT2D eigenvalue weighted by molar-refractivity contribution is 0.366. The lowest BCUT2D eigenvalue weighted by atomic mass is 9.89. The van der Waals surface area contributed by atoms with E-state index in [2.05, 4.69) is 26.0 Å². The monoisotopic (exact) mass is 343 g/mol. The smallest absolute Gasteiger partial charge is 0.207 e. The summed E-state index contributed by atoms with van der Waals surface area (Å²) in [7, 11) is -3.46. The van der Waals surface area contributed by atoms with Crippen molar-refractivity contribution in [3.05, 3.63) is 65.7 Å². The summed E-state index contributed by atoms with van der Waals surface area (Å²) in [5, 5.41) is 0. The van der Waals surface area contributed by atoms with E-state index in [1.807, 2.05) is 37.3 Å². The van der Waals surface area contributed by atoms with Crippen LogP contribution >= 0.6 is 0 Å². The summed E-state index contributed by atoms with van der Waals surface area (Å²) in [5.41, 5.74) is 2.25. The molecule has 0 saturated carbocycles. The van der Waals surface area contributed by atoms with Gasteiger partial charge in [0.2, 0.25) is 10.0 Å². The van der Waals surface area contributed by atoms with Crippen LogP contribution in [0.15, 0.2) is 59.5 Å². The van der Waals surface area contributed by atoms with Crippen LogP contribution in [-0.2, 0) is 16.4 Å². The third-order valence-electron chi connectivity index (χ3n) is 4.72. The molecule has 1 aliphatic rings. The largest absolute Gasteiger partial charge is 0.243 e. The van der Waals surface area contributed by atoms with Crippen molar-refractivity contribution in [3.63, 3.8) is 0 Å². The molecule has 24 heavy (non-hydrogen) atoms. The Hall–Kier alpha value is -1.65. The highest BCUT2D eigenvalue weighted by atomic mass is 32.2. The molecule has 3 rings (SSSR count). The number of rotatable bonds is 4. The molecule has 0 radical (unpaired) electrons. The summed E-state index contributed by atoms with van der Waals surface area (Å²) >= 11 is 0. The minimum Gasteiger partial charge on any atom is -0.207 e. The molecule has 0 bridgehead atoms. The van der Waals surface area contributed by atoms with Gasteiger partial charge >= 0.3 is 0 Å². The average Bonchev–Trinajstić information content (AvgIpc) is 2.84. The van der Waals surface area contributed by atoms with Crippen molar-refractivity contribution in [2.75, 3.05) is 6.54 Å². The highest BCUT2D eigenvalue weighted by Gasteiger charge is 2.43. The van der Waals surface area contributed by atoms with E-state index in [-0.39, 0.29) is 11.5 Å². The maximum atomic E-state index is 13.2. The van der Waals surface area contributed by atoms with Crippen LogP contribution in [0.1, 0.15) is 31.4 Å². The number of hydrogen-bond donors (Lipinski definition) is 0. The number of nitrogens with zero attached hydrogens (tertiary/aromatic N) is 1. The lowest BCUT2D eigenvalue weighted by Crippen LogP contribution is -2.37. The molecule has 0 spiro atoms. The van der Waals surface area contributed by atoms with Crippen molar-refractivity contribution in [1.29, 1.82) is 0 Å². The van der Waals surface area contributed by atoms with Gasteiger partial charge in [-0.1, -0.05) is 61.9 Å². The van der Waals surface area contributed by atoms with Crippen molar-refractivity contribution in [3.8, 4) is 0 Å². The van der Waals surface area contributed by atoms with E-state index in [0.29, 0.717) is 11.4 Å². The van der Waals surface area contributed by atoms with E-state index >= 15 is 0 Å². The van der Waals surface area contributed by atoms with Gasteiger partial charge in [0, 0.05) is 12.6 Å². The van der Waals surface area contributed by atoms with Crippen LogP contribution in [0.4, 0.5) is 0 Å². The first-order chi connectivity index (χ1) is 11.3. The molecule has 1 heterocycles. The van der Waals surface area contributed by atoms with Gasteiger partial charge in [-0.25, -0.2) is 8.42 Å². The molecule has 4 heteroatoms. The second-order valence-electron chi connectivity index (χ2n) is 7.58. The summed E-state index contributed by atoms with van der Waals surface area (Å²) in [6, 6.07) is 17.3. The second-order valence-corrected chi connectivity index (χ2v) is 9.47. The van der Waals surface area contributed by atoms with E-state index in [1.54, 1.807) is 16.4 Å². The first kappa shape index (κ1) is 17.2. The topological polar surface area (TPSA) is 37.4 Å². The summed E-state index contributed by atoms with van der Waals surface area (Å²) in [5.74, 6) is 0. The minimum absolute atomic E-state index is 0.00276. The Kier molecular flexibility index (Phi) is 4.54. The molecule has 1 saturated heterocycles. The van der Waals surface area contributed by atoms with E-state index in [4.69, 9.17) is 0 Å². The van der Waals surface area contributed by atoms with E-state index in [9.17, 15) is 8.42 Å². The highest BCUT2D eigenvalue weighted by Crippen LogP contribution is 2.38. The van der Waals surface area contributed by atoms with Gasteiger partial charge in [-0.3, -0.25) is 0 Å². The highest BCUT2D eigenvalue weighted by molar-refractivity contribution is 7.89. The molecule has 1 atom stereocenters. The van der Waals surface area contributed by atoms with Crippen LogP contribution in [0.25, 0.3) is 0 Å². The third-order valence-corrected chi connectivity index (χ3v) is 6.63. The summed E-state index contributed by atoms with van der Waals surface area (Å²) in [6.07, 6.45) is 1.64. The fourth-order valence-corrected chi connectivity index (χ4v) is 5.35. The SMILES string of the molecule is Cc1ccc(S(=O)(=O)N2CC(C)(C)C[C@@H]2Cc2ccccc2)cc1. The van der Waals surface area contributed by atoms with Crippen LogP contribution in [0, 0.1) is 12.3 Å². The maximum Gasteiger partial charge on any atom is 0.243 e. The van der Waals surface area contributed by atoms with Gasteiger partial charge in [-0.2, -0.15) is 4.31 Å². The Morgan fingerprint density at radius 2 is 1.67 bits per heavy atom. The zero-order chi connectivity index (χ0) is 17.4. The number of benzene rings is 2. The number of hydrogen-bond acceptors (Lipinski definition) is 2. The normalized spacial score (nSPS) is 21.0. The van der Waals surface area contributed by atoms with Crippen molar-refractivity contribution >= 4 is 10.0 Å². The third kappa shape index (κ3) is 3.55. The lowest BCUT2D eigenvalue weighted by Gasteiger charge is -2.24. The molecule has 1 aliphatic heterocycles. The molecule has 0 aliphatic carbocycles. The minimum atomic E-state index is -3.46. The summed E-state index contributed by atoms with van der Waals surface area (Å²) in [6.45, 7) is 6.83. The van der Waals surface area contributed by atoms with Gasteiger partial charge < -0.3 is 0 Å². The Balaban J connectivity index is 1.92. The molecule has 3 nitrogen and oxygen atoms in total. The molecule has 1 fully saturated rings. The van der Waals surface area contributed by atoms with Gasteiger partial charge in [0.1, 0.15) is 0 Å². The van der Waals surface area contributed by atoms with Crippen LogP contribution in [0.5, 0.6) is 0 Å². The van der Waals surface area contributed by atoms with E-state index in [0.717, 1.165) is 18.4 Å². The maximum absolute atomic E-state index is 13.2. The van der Waals surface area contributed by atoms with Crippen molar-refractivity contribution in [2.24, 2.45) is 5.41 Å². The van der Waals surface area contributed by atoms with Crippen molar-refractivity contribution in [1.82, 2.24) is 4.31 Å². The van der Waals surface area contributed by atoms with Gasteiger partial charge in [-0.05, 0) is 42.9 Å². The fraction of sp³-hybridized carbons (Fsp3) is 0.400. The van der Waals surface area contributed by atoms with Crippen LogP contribution in [0.2, 0.25) is 0 Å². The molecule has 0 amide bonds. The molecule has 128 valence electrons. The standard InChI is InChI=1S/C20H25NO2S/c1-16-9-11-19(12-10-16)24(22,23)21-15-20(2,3)14-18(21)13-17-7-5-4-6-8-17/h4-12,18H,13-15H2,1-3H3/t18-/m0/s1. The predicted octanol–water partition coefficient (Wildman–Crippen LogP) is 4.03. The molecule has 0 aromatic heterocycles. The molecule has 2 aromatic carbocycles. The first-order valence-electron chi connectivity index (χ1n) is 8.40. The van der Waals surface area contributed by atoms with E-state index in [1.165, 1.54) is 5.56 Å². The Bertz CT molecular complexity index is 795. The molecule has 2 aromatic rings. The predicted molar refractivity (Wildman–Crippen MR) is 97.4 cm³/mol. The van der Waals surface area contributed by atoms with Crippen LogP contribution < -0.4 is 0 Å². The Labute approximate surface area is 145 Å². The first-order valence-corrected chi connectivity index (χ1v) is 9.84. The van der Waals surface area contributed by atoms with Gasteiger partial charge in [0.15, 0.2) is 0 Å². The van der Waals surface area contributed by atoms with Gasteiger partial charge in [0.05, 0.1) is 4.90 Å². The molecular formula is C20H25NO2S. The van der Waals surface area contributed by atoms with Crippen LogP contribution in [0.3, 0.4) is 0 Å². The van der Waals surface area contributed by atoms with Crippen molar-refractivity contribution < 1.29 is 8.42 Å². The zero-order valence-corrected chi connectivity index (χ0v) is 15.4. The number of aryl methyl sites for hydroxylation is 1. The van der Waals surface area contributed by atoms with Gasteiger partial charge in [0.25, 0.3) is 0 Å². The quantitative estimate of drug-likeness (QED) is 0.840. The van der Waals surface area contributed by atoms with Crippen LogP contribution in [-0.4, -0.2) is 25.3 Å². The Morgan fingerprint density at radius 1 is 1.04 bits per heavy atom. The van der Waals surface area contributed by atoms with E-state index < -0.39 is 10.0 Å².